The van der Waals surface area contributed by atoms with Gasteiger partial charge in [0.25, 0.3) is 11.6 Å². The Bertz CT molecular complexity index is 861. The van der Waals surface area contributed by atoms with E-state index < -0.39 is 10.8 Å². The fourth-order valence-corrected chi connectivity index (χ4v) is 2.35. The van der Waals surface area contributed by atoms with Crippen molar-refractivity contribution in [1.82, 2.24) is 0 Å². The van der Waals surface area contributed by atoms with Crippen LogP contribution in [-0.4, -0.2) is 38.1 Å². The largest absolute Gasteiger partial charge is 0.383 e. The Kier molecular flexibility index (Phi) is 6.25. The van der Waals surface area contributed by atoms with E-state index in [0.29, 0.717) is 30.1 Å². The molecule has 2 aromatic carbocycles. The molecule has 0 aliphatic carbocycles. The van der Waals surface area contributed by atoms with Crippen LogP contribution in [0.25, 0.3) is 0 Å². The predicted molar refractivity (Wildman–Crippen MR) is 97.4 cm³/mol. The molecule has 2 rings (SSSR count). The molecule has 0 spiro atoms. The lowest BCUT2D eigenvalue weighted by molar-refractivity contribution is -0.384. The topological polar surface area (TPSA) is 108 Å². The van der Waals surface area contributed by atoms with E-state index >= 15 is 0 Å². The number of rotatable bonds is 7. The molecule has 0 heterocycles. The SMILES string of the molecule is COCCNc1ccc(C(=O)N(C)c2cccc(C#N)c2)cc1[N+](=O)[O-]. The van der Waals surface area contributed by atoms with Crippen molar-refractivity contribution in [2.24, 2.45) is 0 Å². The first-order chi connectivity index (χ1) is 12.5. The second-order valence-electron chi connectivity index (χ2n) is 5.43. The molecule has 0 atom stereocenters. The van der Waals surface area contributed by atoms with E-state index in [1.807, 2.05) is 6.07 Å². The number of nitrogens with one attached hydrogen (secondary N) is 1. The van der Waals surface area contributed by atoms with Crippen molar-refractivity contribution in [3.63, 3.8) is 0 Å². The highest BCUT2D eigenvalue weighted by molar-refractivity contribution is 6.06. The van der Waals surface area contributed by atoms with Crippen molar-refractivity contribution in [3.05, 3.63) is 63.7 Å². The van der Waals surface area contributed by atoms with Gasteiger partial charge in [-0.15, -0.1) is 0 Å². The number of benzene rings is 2. The van der Waals surface area contributed by atoms with Gasteiger partial charge in [-0.1, -0.05) is 6.07 Å². The van der Waals surface area contributed by atoms with Crippen LogP contribution in [0.4, 0.5) is 17.1 Å². The Hall–Kier alpha value is -3.44. The lowest BCUT2D eigenvalue weighted by Crippen LogP contribution is -2.26. The van der Waals surface area contributed by atoms with Gasteiger partial charge < -0.3 is 15.0 Å². The Morgan fingerprint density at radius 1 is 1.35 bits per heavy atom. The first-order valence-corrected chi connectivity index (χ1v) is 7.77. The van der Waals surface area contributed by atoms with Gasteiger partial charge in [0.2, 0.25) is 0 Å². The van der Waals surface area contributed by atoms with Crippen LogP contribution in [0, 0.1) is 21.4 Å². The molecule has 0 bridgehead atoms. The Morgan fingerprint density at radius 2 is 2.12 bits per heavy atom. The minimum absolute atomic E-state index is 0.179. The van der Waals surface area contributed by atoms with E-state index in [1.54, 1.807) is 31.3 Å². The third kappa shape index (κ3) is 4.34. The van der Waals surface area contributed by atoms with Crippen molar-refractivity contribution >= 4 is 23.0 Å². The highest BCUT2D eigenvalue weighted by Gasteiger charge is 2.20. The minimum Gasteiger partial charge on any atom is -0.383 e. The van der Waals surface area contributed by atoms with Crippen LogP contribution in [0.3, 0.4) is 0 Å². The molecule has 1 amide bonds. The Morgan fingerprint density at radius 3 is 2.77 bits per heavy atom. The number of nitro benzene ring substituents is 1. The fraction of sp³-hybridized carbons (Fsp3) is 0.222. The number of ether oxygens (including phenoxy) is 1. The fourth-order valence-electron chi connectivity index (χ4n) is 2.35. The maximum absolute atomic E-state index is 12.7. The second-order valence-corrected chi connectivity index (χ2v) is 5.43. The van der Waals surface area contributed by atoms with Gasteiger partial charge >= 0.3 is 0 Å². The van der Waals surface area contributed by atoms with Crippen LogP contribution < -0.4 is 10.2 Å². The molecule has 0 saturated carbocycles. The molecular formula is C18H18N4O4. The number of hydrogen-bond donors (Lipinski definition) is 1. The summed E-state index contributed by atoms with van der Waals surface area (Å²) in [6.45, 7) is 0.807. The molecule has 26 heavy (non-hydrogen) atoms. The van der Waals surface area contributed by atoms with E-state index in [4.69, 9.17) is 10.00 Å². The van der Waals surface area contributed by atoms with Crippen LogP contribution in [-0.2, 0) is 4.74 Å². The number of nitriles is 1. The zero-order valence-electron chi connectivity index (χ0n) is 14.4. The van der Waals surface area contributed by atoms with Gasteiger partial charge in [-0.05, 0) is 30.3 Å². The summed E-state index contributed by atoms with van der Waals surface area (Å²) in [4.78, 5) is 24.8. The number of carbonyl (C=O) groups is 1. The lowest BCUT2D eigenvalue weighted by Gasteiger charge is -2.18. The zero-order valence-corrected chi connectivity index (χ0v) is 14.4. The standard InChI is InChI=1S/C18H18N4O4/c1-21(15-5-3-4-13(10-15)12-19)18(23)14-6-7-16(20-8-9-26-2)17(11-14)22(24)25/h3-7,10-11,20H,8-9H2,1-2H3. The van der Waals surface area contributed by atoms with E-state index in [2.05, 4.69) is 5.32 Å². The van der Waals surface area contributed by atoms with Gasteiger partial charge in [-0.2, -0.15) is 5.26 Å². The molecule has 0 aromatic heterocycles. The van der Waals surface area contributed by atoms with Crippen LogP contribution in [0.15, 0.2) is 42.5 Å². The first-order valence-electron chi connectivity index (χ1n) is 7.77. The summed E-state index contributed by atoms with van der Waals surface area (Å²) >= 11 is 0. The molecule has 0 fully saturated rings. The summed E-state index contributed by atoms with van der Waals surface area (Å²) in [5.41, 5.74) is 1.26. The molecule has 2 aromatic rings. The third-order valence-corrected chi connectivity index (χ3v) is 3.73. The number of nitro groups is 1. The van der Waals surface area contributed by atoms with Gasteiger partial charge in [0.05, 0.1) is 23.2 Å². The van der Waals surface area contributed by atoms with Crippen LogP contribution in [0.5, 0.6) is 0 Å². The number of nitrogens with zero attached hydrogens (tertiary/aromatic N) is 3. The van der Waals surface area contributed by atoms with Crippen molar-refractivity contribution in [3.8, 4) is 6.07 Å². The monoisotopic (exact) mass is 354 g/mol. The molecule has 0 aliphatic heterocycles. The number of anilines is 2. The van der Waals surface area contributed by atoms with Gasteiger partial charge in [0, 0.05) is 38.0 Å². The van der Waals surface area contributed by atoms with Gasteiger partial charge in [0.15, 0.2) is 0 Å². The predicted octanol–water partition coefficient (Wildman–Crippen LogP) is 2.80. The van der Waals surface area contributed by atoms with Gasteiger partial charge in [-0.25, -0.2) is 0 Å². The molecule has 8 heteroatoms. The molecule has 8 nitrogen and oxygen atoms in total. The smallest absolute Gasteiger partial charge is 0.293 e. The molecular weight excluding hydrogens is 336 g/mol. The normalized spacial score (nSPS) is 10.0. The molecule has 0 saturated heterocycles. The summed E-state index contributed by atoms with van der Waals surface area (Å²) < 4.78 is 4.91. The number of hydrogen-bond acceptors (Lipinski definition) is 6. The summed E-state index contributed by atoms with van der Waals surface area (Å²) in [5, 5.41) is 23.2. The minimum atomic E-state index is -0.539. The third-order valence-electron chi connectivity index (χ3n) is 3.73. The van der Waals surface area contributed by atoms with Crippen molar-refractivity contribution < 1.29 is 14.5 Å². The Balaban J connectivity index is 2.29. The molecule has 134 valence electrons. The van der Waals surface area contributed by atoms with E-state index in [-0.39, 0.29) is 11.3 Å². The zero-order chi connectivity index (χ0) is 19.1. The number of methoxy groups -OCH3 is 1. The van der Waals surface area contributed by atoms with E-state index in [9.17, 15) is 14.9 Å². The Labute approximate surface area is 150 Å². The quantitative estimate of drug-likeness (QED) is 0.465. The van der Waals surface area contributed by atoms with Crippen molar-refractivity contribution in [1.29, 1.82) is 5.26 Å². The first kappa shape index (κ1) is 18.9. The average Bonchev–Trinajstić information content (AvgIpc) is 2.67. The lowest BCUT2D eigenvalue weighted by atomic mass is 10.1. The van der Waals surface area contributed by atoms with Crippen LogP contribution in [0.2, 0.25) is 0 Å². The maximum atomic E-state index is 12.7. The van der Waals surface area contributed by atoms with Gasteiger partial charge in [-0.3, -0.25) is 14.9 Å². The molecule has 0 unspecified atom stereocenters. The summed E-state index contributed by atoms with van der Waals surface area (Å²) in [5.74, 6) is -0.411. The highest BCUT2D eigenvalue weighted by atomic mass is 16.6. The molecule has 1 N–H and O–H groups in total. The number of amides is 1. The van der Waals surface area contributed by atoms with Crippen LogP contribution in [0.1, 0.15) is 15.9 Å². The van der Waals surface area contributed by atoms with Crippen molar-refractivity contribution in [2.75, 3.05) is 37.5 Å². The number of carbonyl (C=O) groups excluding carboxylic acids is 1. The maximum Gasteiger partial charge on any atom is 0.293 e. The molecule has 0 radical (unpaired) electrons. The molecule has 0 aliphatic rings. The second kappa shape index (κ2) is 8.60. The highest BCUT2D eigenvalue weighted by Crippen LogP contribution is 2.27. The van der Waals surface area contributed by atoms with Crippen LogP contribution >= 0.6 is 0 Å². The van der Waals surface area contributed by atoms with E-state index in [0.717, 1.165) is 0 Å². The average molecular weight is 354 g/mol. The van der Waals surface area contributed by atoms with E-state index in [1.165, 1.54) is 30.2 Å². The summed E-state index contributed by atoms with van der Waals surface area (Å²) in [6, 6.07) is 12.8. The summed E-state index contributed by atoms with van der Waals surface area (Å²) in [6.07, 6.45) is 0. The van der Waals surface area contributed by atoms with Crippen molar-refractivity contribution in [2.45, 2.75) is 0 Å². The summed E-state index contributed by atoms with van der Waals surface area (Å²) in [7, 11) is 3.09. The van der Waals surface area contributed by atoms with Gasteiger partial charge in [0.1, 0.15) is 5.69 Å².